The molecule has 6 aromatic rings. The molecule has 4 aromatic carbocycles. The topological polar surface area (TPSA) is 52.8 Å². The molecule has 2 aromatic heterocycles. The fourth-order valence-electron chi connectivity index (χ4n) is 5.51. The van der Waals surface area contributed by atoms with Gasteiger partial charge in [-0.1, -0.05) is 78.9 Å². The maximum atomic E-state index is 6.49. The molecule has 0 radical (unpaired) electrons. The number of benzene rings is 4. The molecule has 1 aliphatic carbocycles. The highest BCUT2D eigenvalue weighted by molar-refractivity contribution is 6.12. The fourth-order valence-corrected chi connectivity index (χ4v) is 5.51. The van der Waals surface area contributed by atoms with Gasteiger partial charge in [0.15, 0.2) is 29.0 Å². The zero-order valence-corrected chi connectivity index (χ0v) is 20.5. The minimum absolute atomic E-state index is 0.636. The zero-order chi connectivity index (χ0) is 25.1. The number of hydrogen-bond acceptors (Lipinski definition) is 4. The van der Waals surface area contributed by atoms with Crippen molar-refractivity contribution >= 4 is 27.4 Å². The second-order valence-electron chi connectivity index (χ2n) is 9.62. The Morgan fingerprint density at radius 3 is 2.32 bits per heavy atom. The maximum Gasteiger partial charge on any atom is 0.164 e. The van der Waals surface area contributed by atoms with Crippen molar-refractivity contribution in [2.45, 2.75) is 12.8 Å². The van der Waals surface area contributed by atoms with Crippen molar-refractivity contribution in [3.8, 4) is 40.0 Å². The Bertz CT molecular complexity index is 1950. The third kappa shape index (κ3) is 3.22. The van der Waals surface area contributed by atoms with E-state index in [4.69, 9.17) is 19.7 Å². The van der Waals surface area contributed by atoms with Gasteiger partial charge in [0.05, 0.1) is 16.7 Å². The lowest BCUT2D eigenvalue weighted by molar-refractivity contribution is 0.476. The number of allylic oxidation sites excluding steroid dienone is 4. The van der Waals surface area contributed by atoms with Gasteiger partial charge in [0.1, 0.15) is 0 Å². The van der Waals surface area contributed by atoms with E-state index in [1.165, 1.54) is 16.3 Å². The van der Waals surface area contributed by atoms with E-state index in [9.17, 15) is 0 Å². The quantitative estimate of drug-likeness (QED) is 0.251. The molecule has 0 N–H and O–H groups in total. The van der Waals surface area contributed by atoms with Crippen molar-refractivity contribution in [1.29, 1.82) is 0 Å². The summed E-state index contributed by atoms with van der Waals surface area (Å²) >= 11 is 0. The van der Waals surface area contributed by atoms with E-state index in [0.717, 1.165) is 58.1 Å². The molecule has 0 bridgehead atoms. The van der Waals surface area contributed by atoms with Gasteiger partial charge in [0, 0.05) is 21.9 Å². The van der Waals surface area contributed by atoms with Crippen LogP contribution in [0.15, 0.2) is 109 Å². The number of ether oxygens (including phenoxy) is 1. The third-order valence-electron chi connectivity index (χ3n) is 7.31. The highest BCUT2D eigenvalue weighted by Crippen LogP contribution is 2.46. The minimum atomic E-state index is 0.636. The van der Waals surface area contributed by atoms with Gasteiger partial charge in [0.2, 0.25) is 0 Å². The zero-order valence-electron chi connectivity index (χ0n) is 20.5. The summed E-state index contributed by atoms with van der Waals surface area (Å²) in [5.41, 5.74) is 6.25. The smallest absolute Gasteiger partial charge is 0.164 e. The molecule has 0 spiro atoms. The van der Waals surface area contributed by atoms with Crippen molar-refractivity contribution in [2.24, 2.45) is 0 Å². The largest absolute Gasteiger partial charge is 0.453 e. The Morgan fingerprint density at radius 1 is 0.658 bits per heavy atom. The first-order chi connectivity index (χ1) is 18.8. The van der Waals surface area contributed by atoms with Crippen LogP contribution >= 0.6 is 0 Å². The lowest BCUT2D eigenvalue weighted by Gasteiger charge is -2.21. The van der Waals surface area contributed by atoms with Crippen LogP contribution in [0.5, 0.6) is 11.5 Å². The molecule has 0 amide bonds. The van der Waals surface area contributed by atoms with Crippen LogP contribution in [0.3, 0.4) is 0 Å². The fraction of sp³-hybridized carbons (Fsp3) is 0.0606. The molecule has 8 rings (SSSR count). The summed E-state index contributed by atoms with van der Waals surface area (Å²) in [6, 6.07) is 31.1. The van der Waals surface area contributed by atoms with Gasteiger partial charge in [0.25, 0.3) is 0 Å². The number of nitrogens with zero attached hydrogens (tertiary/aromatic N) is 4. The van der Waals surface area contributed by atoms with Crippen molar-refractivity contribution in [2.75, 3.05) is 0 Å². The Balaban J connectivity index is 1.32. The molecule has 0 atom stereocenters. The number of fused-ring (bicyclic) bond motifs is 5. The van der Waals surface area contributed by atoms with Gasteiger partial charge in [-0.2, -0.15) is 0 Å². The second-order valence-corrected chi connectivity index (χ2v) is 9.62. The molecule has 180 valence electrons. The highest BCUT2D eigenvalue weighted by atomic mass is 16.5. The summed E-state index contributed by atoms with van der Waals surface area (Å²) in [6.07, 6.45) is 8.25. The molecule has 0 unspecified atom stereocenters. The molecule has 1 aliphatic heterocycles. The van der Waals surface area contributed by atoms with E-state index < -0.39 is 0 Å². The van der Waals surface area contributed by atoms with Crippen molar-refractivity contribution in [1.82, 2.24) is 19.5 Å². The molecule has 38 heavy (non-hydrogen) atoms. The third-order valence-corrected chi connectivity index (χ3v) is 7.31. The van der Waals surface area contributed by atoms with Crippen LogP contribution in [-0.4, -0.2) is 19.5 Å². The van der Waals surface area contributed by atoms with Gasteiger partial charge in [-0.05, 0) is 48.7 Å². The maximum absolute atomic E-state index is 6.49. The first-order valence-corrected chi connectivity index (χ1v) is 12.9. The van der Waals surface area contributed by atoms with E-state index in [1.807, 2.05) is 36.4 Å². The Kier molecular flexibility index (Phi) is 4.58. The first-order valence-electron chi connectivity index (χ1n) is 12.9. The monoisotopic (exact) mass is 490 g/mol. The summed E-state index contributed by atoms with van der Waals surface area (Å²) < 4.78 is 8.79. The molecule has 0 fully saturated rings. The average Bonchev–Trinajstić information content (AvgIpc) is 3.34. The Hall–Kier alpha value is -5.03. The standard InChI is InChI=1S/C33H22N4O/c1-3-10-21(11-4-1)31-34-32(22-12-5-2-6-13-22)36-33(35-31)23-18-19-27-29(20-23)38-28-17-9-15-25-24-14-7-8-16-26(24)37(27)30(25)28/h1-5,7-12,14-20H,6,13H2. The molecule has 3 heterocycles. The molecular weight excluding hydrogens is 468 g/mol. The van der Waals surface area contributed by atoms with Gasteiger partial charge in [-0.25, -0.2) is 15.0 Å². The summed E-state index contributed by atoms with van der Waals surface area (Å²) in [5, 5.41) is 2.41. The highest BCUT2D eigenvalue weighted by Gasteiger charge is 2.24. The number of rotatable bonds is 3. The lowest BCUT2D eigenvalue weighted by atomic mass is 10.0. The predicted molar refractivity (Wildman–Crippen MR) is 151 cm³/mol. The predicted octanol–water partition coefficient (Wildman–Crippen LogP) is 8.14. The second kappa shape index (κ2) is 8.25. The van der Waals surface area contributed by atoms with Gasteiger partial charge >= 0.3 is 0 Å². The van der Waals surface area contributed by atoms with E-state index >= 15 is 0 Å². The normalized spacial score (nSPS) is 13.8. The SMILES string of the molecule is C1=CCCC(c2nc(-c3ccccc3)nc(-c3ccc4c(c3)Oc3cccc5c6ccccc6n-4c35)n2)=C1. The molecule has 2 aliphatic rings. The Labute approximate surface area is 219 Å². The van der Waals surface area contributed by atoms with E-state index in [1.54, 1.807) is 0 Å². The molecule has 5 heteroatoms. The summed E-state index contributed by atoms with van der Waals surface area (Å²) in [4.78, 5) is 14.7. The molecular formula is C33H22N4O. The average molecular weight is 491 g/mol. The summed E-state index contributed by atoms with van der Waals surface area (Å²) in [5.74, 6) is 3.66. The molecule has 0 saturated carbocycles. The van der Waals surface area contributed by atoms with Crippen LogP contribution in [0.2, 0.25) is 0 Å². The van der Waals surface area contributed by atoms with Crippen LogP contribution < -0.4 is 4.74 Å². The molecule has 0 saturated heterocycles. The molecule has 5 nitrogen and oxygen atoms in total. The lowest BCUT2D eigenvalue weighted by Crippen LogP contribution is -2.06. The van der Waals surface area contributed by atoms with Crippen LogP contribution in [-0.2, 0) is 0 Å². The van der Waals surface area contributed by atoms with E-state index in [-0.39, 0.29) is 0 Å². The Morgan fingerprint density at radius 2 is 1.45 bits per heavy atom. The van der Waals surface area contributed by atoms with Crippen molar-refractivity contribution < 1.29 is 4.74 Å². The first kappa shape index (κ1) is 21.1. The summed E-state index contributed by atoms with van der Waals surface area (Å²) in [7, 11) is 0. The number of hydrogen-bond donors (Lipinski definition) is 0. The van der Waals surface area contributed by atoms with Crippen molar-refractivity contribution in [3.05, 3.63) is 115 Å². The van der Waals surface area contributed by atoms with Crippen LogP contribution in [0, 0.1) is 0 Å². The number of para-hydroxylation sites is 2. The van der Waals surface area contributed by atoms with Crippen molar-refractivity contribution in [3.63, 3.8) is 0 Å². The summed E-state index contributed by atoms with van der Waals surface area (Å²) in [6.45, 7) is 0. The van der Waals surface area contributed by atoms with Crippen LogP contribution in [0.1, 0.15) is 18.7 Å². The van der Waals surface area contributed by atoms with Gasteiger partial charge < -0.3 is 9.30 Å². The van der Waals surface area contributed by atoms with Crippen LogP contribution in [0.4, 0.5) is 0 Å². The van der Waals surface area contributed by atoms with E-state index in [0.29, 0.717) is 11.6 Å². The van der Waals surface area contributed by atoms with E-state index in [2.05, 4.69) is 77.4 Å². The van der Waals surface area contributed by atoms with Gasteiger partial charge in [-0.3, -0.25) is 0 Å². The number of aromatic nitrogens is 4. The van der Waals surface area contributed by atoms with Gasteiger partial charge in [-0.15, -0.1) is 0 Å². The van der Waals surface area contributed by atoms with Crippen LogP contribution in [0.25, 0.3) is 55.8 Å². The minimum Gasteiger partial charge on any atom is -0.453 e.